The highest BCUT2D eigenvalue weighted by molar-refractivity contribution is 6.30. The molecule has 0 aliphatic carbocycles. The molecule has 0 atom stereocenters. The van der Waals surface area contributed by atoms with Crippen LogP contribution in [0.1, 0.15) is 28.5 Å². The van der Waals surface area contributed by atoms with E-state index < -0.39 is 11.5 Å². The summed E-state index contributed by atoms with van der Waals surface area (Å²) in [5.74, 6) is 0.303. The van der Waals surface area contributed by atoms with E-state index in [9.17, 15) is 9.59 Å². The Morgan fingerprint density at radius 3 is 2.56 bits per heavy atom. The molecule has 4 rings (SSSR count). The van der Waals surface area contributed by atoms with Crippen molar-refractivity contribution in [2.75, 3.05) is 11.9 Å². The number of carbonyl (C=O) groups is 1. The summed E-state index contributed by atoms with van der Waals surface area (Å²) in [7, 11) is 0. The average molecular weight is 502 g/mol. The molecule has 0 unspecified atom stereocenters. The van der Waals surface area contributed by atoms with Crippen LogP contribution in [0, 0.1) is 11.3 Å². The summed E-state index contributed by atoms with van der Waals surface area (Å²) in [6.07, 6.45) is 1.20. The first-order chi connectivity index (χ1) is 17.5. The van der Waals surface area contributed by atoms with E-state index in [1.54, 1.807) is 73.7 Å². The largest absolute Gasteiger partial charge is 0.462 e. The van der Waals surface area contributed by atoms with Gasteiger partial charge in [0.1, 0.15) is 23.1 Å². The van der Waals surface area contributed by atoms with Crippen LogP contribution in [0.3, 0.4) is 0 Å². The number of nitriles is 1. The van der Waals surface area contributed by atoms with Gasteiger partial charge in [-0.1, -0.05) is 29.8 Å². The lowest BCUT2D eigenvalue weighted by Crippen LogP contribution is -2.30. The lowest BCUT2D eigenvalue weighted by atomic mass is 10.2. The van der Waals surface area contributed by atoms with Crippen molar-refractivity contribution in [3.05, 3.63) is 105 Å². The quantitative estimate of drug-likeness (QED) is 0.338. The van der Waals surface area contributed by atoms with Gasteiger partial charge in [-0.05, 0) is 55.0 Å². The molecule has 2 aromatic carbocycles. The Bertz CT molecular complexity index is 1480. The molecule has 0 amide bonds. The lowest BCUT2D eigenvalue weighted by molar-refractivity contribution is 0.0523. The number of halogens is 1. The summed E-state index contributed by atoms with van der Waals surface area (Å²) in [5.41, 5.74) is 0.975. The first-order valence-electron chi connectivity index (χ1n) is 10.9. The monoisotopic (exact) mass is 501 g/mol. The number of hydrogen-bond donors (Lipinski definition) is 1. The maximum atomic E-state index is 13.2. The van der Waals surface area contributed by atoms with Crippen LogP contribution in [0.15, 0.2) is 77.7 Å². The predicted octanol–water partition coefficient (Wildman–Crippen LogP) is 4.92. The molecule has 4 aromatic rings. The SMILES string of the molecule is CCOC(=O)c1cnc(Nc2ccc(Oc3cccc(C#N)n3)cc2)n(Cc2ccc(Cl)cc2)c1=O. The number of ether oxygens (including phenoxy) is 2. The molecule has 1 N–H and O–H groups in total. The van der Waals surface area contributed by atoms with Gasteiger partial charge in [-0.15, -0.1) is 0 Å². The highest BCUT2D eigenvalue weighted by atomic mass is 35.5. The summed E-state index contributed by atoms with van der Waals surface area (Å²) in [5, 5.41) is 12.7. The van der Waals surface area contributed by atoms with Crippen LogP contribution in [0.5, 0.6) is 11.6 Å². The second kappa shape index (κ2) is 11.2. The van der Waals surface area contributed by atoms with Gasteiger partial charge in [-0.3, -0.25) is 9.36 Å². The van der Waals surface area contributed by atoms with Gasteiger partial charge in [-0.25, -0.2) is 14.8 Å². The molecule has 36 heavy (non-hydrogen) atoms. The van der Waals surface area contributed by atoms with Crippen LogP contribution in [-0.2, 0) is 11.3 Å². The Morgan fingerprint density at radius 2 is 1.86 bits per heavy atom. The van der Waals surface area contributed by atoms with Crippen LogP contribution < -0.4 is 15.6 Å². The van der Waals surface area contributed by atoms with Crippen molar-refractivity contribution in [1.82, 2.24) is 14.5 Å². The maximum absolute atomic E-state index is 13.2. The zero-order valence-electron chi connectivity index (χ0n) is 19.1. The van der Waals surface area contributed by atoms with Crippen molar-refractivity contribution in [2.24, 2.45) is 0 Å². The summed E-state index contributed by atoms with van der Waals surface area (Å²) in [6, 6.07) is 20.8. The summed E-state index contributed by atoms with van der Waals surface area (Å²) in [6.45, 7) is 1.96. The Balaban J connectivity index is 1.60. The van der Waals surface area contributed by atoms with E-state index in [0.717, 1.165) is 5.56 Å². The molecule has 0 aliphatic rings. The van der Waals surface area contributed by atoms with Crippen molar-refractivity contribution >= 4 is 29.2 Å². The van der Waals surface area contributed by atoms with E-state index in [4.69, 9.17) is 26.3 Å². The van der Waals surface area contributed by atoms with E-state index in [1.165, 1.54) is 10.8 Å². The van der Waals surface area contributed by atoms with Gasteiger partial charge in [-0.2, -0.15) is 5.26 Å². The number of rotatable bonds is 8. The molecule has 2 heterocycles. The molecule has 2 aromatic heterocycles. The average Bonchev–Trinajstić information content (AvgIpc) is 2.88. The van der Waals surface area contributed by atoms with Gasteiger partial charge in [0.15, 0.2) is 0 Å². The second-order valence-corrected chi connectivity index (χ2v) is 7.89. The Morgan fingerprint density at radius 1 is 1.11 bits per heavy atom. The van der Waals surface area contributed by atoms with Gasteiger partial charge in [0.2, 0.25) is 11.8 Å². The molecule has 0 bridgehead atoms. The number of pyridine rings is 1. The van der Waals surface area contributed by atoms with Gasteiger partial charge < -0.3 is 14.8 Å². The maximum Gasteiger partial charge on any atom is 0.345 e. The van der Waals surface area contributed by atoms with Crippen molar-refractivity contribution in [3.8, 4) is 17.7 Å². The number of hydrogen-bond acceptors (Lipinski definition) is 8. The summed E-state index contributed by atoms with van der Waals surface area (Å²) < 4.78 is 12.1. The number of carbonyl (C=O) groups excluding carboxylic acids is 1. The zero-order valence-corrected chi connectivity index (χ0v) is 19.9. The van der Waals surface area contributed by atoms with E-state index in [1.807, 2.05) is 6.07 Å². The van der Waals surface area contributed by atoms with Gasteiger partial charge in [0.05, 0.1) is 19.3 Å². The van der Waals surface area contributed by atoms with Crippen molar-refractivity contribution in [2.45, 2.75) is 13.5 Å². The fourth-order valence-electron chi connectivity index (χ4n) is 3.25. The van der Waals surface area contributed by atoms with Crippen molar-refractivity contribution < 1.29 is 14.3 Å². The van der Waals surface area contributed by atoms with Gasteiger partial charge in [0.25, 0.3) is 5.56 Å². The third-order valence-corrected chi connectivity index (χ3v) is 5.22. The molecule has 0 fully saturated rings. The van der Waals surface area contributed by atoms with Crippen molar-refractivity contribution in [1.29, 1.82) is 5.26 Å². The highest BCUT2D eigenvalue weighted by Gasteiger charge is 2.18. The molecule has 0 radical (unpaired) electrons. The number of anilines is 2. The second-order valence-electron chi connectivity index (χ2n) is 7.46. The number of benzene rings is 2. The number of nitrogens with zero attached hydrogens (tertiary/aromatic N) is 4. The Kier molecular flexibility index (Phi) is 7.58. The molecule has 9 nitrogen and oxygen atoms in total. The number of esters is 1. The van der Waals surface area contributed by atoms with Crippen LogP contribution in [0.4, 0.5) is 11.6 Å². The zero-order chi connectivity index (χ0) is 25.5. The van der Waals surface area contributed by atoms with Crippen LogP contribution >= 0.6 is 11.6 Å². The third-order valence-electron chi connectivity index (χ3n) is 4.97. The smallest absolute Gasteiger partial charge is 0.345 e. The molecule has 10 heteroatoms. The lowest BCUT2D eigenvalue weighted by Gasteiger charge is -2.15. The molecule has 180 valence electrons. The predicted molar refractivity (Wildman–Crippen MR) is 134 cm³/mol. The molecule has 0 saturated carbocycles. The molecule has 0 aliphatic heterocycles. The highest BCUT2D eigenvalue weighted by Crippen LogP contribution is 2.23. The molecular formula is C26H20ClN5O4. The minimum absolute atomic E-state index is 0.139. The summed E-state index contributed by atoms with van der Waals surface area (Å²) >= 11 is 5.98. The topological polar surface area (TPSA) is 119 Å². The standard InChI is InChI=1S/C26H20ClN5O4/c1-2-35-25(34)22-15-29-26(32(24(22)33)16-17-6-8-18(27)9-7-17)31-19-10-12-21(13-11-19)36-23-5-3-4-20(14-28)30-23/h3-13,15H,2,16H2,1H3,(H,29,31). The molecular weight excluding hydrogens is 482 g/mol. The van der Waals surface area contributed by atoms with Gasteiger partial charge >= 0.3 is 5.97 Å². The Labute approximate surface area is 211 Å². The third kappa shape index (κ3) is 5.87. The summed E-state index contributed by atoms with van der Waals surface area (Å²) in [4.78, 5) is 33.8. The molecule has 0 saturated heterocycles. The van der Waals surface area contributed by atoms with Gasteiger partial charge in [0, 0.05) is 16.8 Å². The van der Waals surface area contributed by atoms with Crippen LogP contribution in [0.25, 0.3) is 0 Å². The minimum atomic E-state index is -0.734. The minimum Gasteiger partial charge on any atom is -0.462 e. The number of nitrogens with one attached hydrogen (secondary N) is 1. The van der Waals surface area contributed by atoms with Crippen LogP contribution in [-0.4, -0.2) is 27.1 Å². The fourth-order valence-corrected chi connectivity index (χ4v) is 3.38. The fraction of sp³-hybridized carbons (Fsp3) is 0.115. The van der Waals surface area contributed by atoms with Crippen LogP contribution in [0.2, 0.25) is 5.02 Å². The van der Waals surface area contributed by atoms with E-state index >= 15 is 0 Å². The van der Waals surface area contributed by atoms with E-state index in [-0.39, 0.29) is 30.4 Å². The normalized spacial score (nSPS) is 10.4. The first kappa shape index (κ1) is 24.4. The van der Waals surface area contributed by atoms with Crippen molar-refractivity contribution in [3.63, 3.8) is 0 Å². The molecule has 0 spiro atoms. The Hall–Kier alpha value is -4.68. The van der Waals surface area contributed by atoms with E-state index in [0.29, 0.717) is 22.3 Å². The number of aromatic nitrogens is 3. The first-order valence-corrected chi connectivity index (χ1v) is 11.3. The van der Waals surface area contributed by atoms with E-state index in [2.05, 4.69) is 15.3 Å².